The molecule has 0 aliphatic rings. The van der Waals surface area contributed by atoms with Gasteiger partial charge in [0.05, 0.1) is 24.2 Å². The van der Waals surface area contributed by atoms with Gasteiger partial charge >= 0.3 is 0 Å². The molecule has 102 valence electrons. The zero-order chi connectivity index (χ0) is 14.8. The lowest BCUT2D eigenvalue weighted by Gasteiger charge is -2.09. The van der Waals surface area contributed by atoms with Gasteiger partial charge in [0.25, 0.3) is 5.56 Å². The lowest BCUT2D eigenvalue weighted by Crippen LogP contribution is -2.06. The van der Waals surface area contributed by atoms with Crippen molar-refractivity contribution in [3.8, 4) is 22.9 Å². The minimum absolute atomic E-state index is 0.0552. The molecular weight excluding hydrogens is 266 g/mol. The second kappa shape index (κ2) is 5.10. The van der Waals surface area contributed by atoms with Crippen LogP contribution < -0.4 is 5.56 Å². The van der Waals surface area contributed by atoms with Crippen molar-refractivity contribution < 1.29 is 5.11 Å². The van der Waals surface area contributed by atoms with Crippen LogP contribution in [0.1, 0.15) is 5.56 Å². The fourth-order valence-corrected chi connectivity index (χ4v) is 2.36. The summed E-state index contributed by atoms with van der Waals surface area (Å²) in [5.74, 6) is -0.0552. The molecule has 0 saturated heterocycles. The van der Waals surface area contributed by atoms with E-state index < -0.39 is 0 Å². The quantitative estimate of drug-likeness (QED) is 0.752. The van der Waals surface area contributed by atoms with E-state index in [2.05, 4.69) is 16.0 Å². The number of aromatic amines is 1. The maximum Gasteiger partial charge on any atom is 0.258 e. The van der Waals surface area contributed by atoms with Crippen LogP contribution in [-0.2, 0) is 6.42 Å². The number of hydrogen-bond acceptors (Lipinski definition) is 4. The van der Waals surface area contributed by atoms with Crippen LogP contribution in [0.5, 0.6) is 5.75 Å². The fraction of sp³-hybridized carbons (Fsp3) is 0.0625. The SMILES string of the molecule is N#CCc1ccccc1-c1cc(O)c2nc[nH]c(=O)c2c1. The van der Waals surface area contributed by atoms with E-state index in [-0.39, 0.29) is 23.2 Å². The summed E-state index contributed by atoms with van der Waals surface area (Å²) < 4.78 is 0. The zero-order valence-corrected chi connectivity index (χ0v) is 11.0. The number of nitrogens with one attached hydrogen (secondary N) is 1. The number of nitriles is 1. The lowest BCUT2D eigenvalue weighted by molar-refractivity contribution is 0.480. The van der Waals surface area contributed by atoms with Gasteiger partial charge in [-0.25, -0.2) is 4.98 Å². The van der Waals surface area contributed by atoms with Gasteiger partial charge in [-0.05, 0) is 28.8 Å². The third-order valence-corrected chi connectivity index (χ3v) is 3.32. The third kappa shape index (κ3) is 2.23. The smallest absolute Gasteiger partial charge is 0.258 e. The minimum Gasteiger partial charge on any atom is -0.506 e. The van der Waals surface area contributed by atoms with Crippen LogP contribution in [0.4, 0.5) is 0 Å². The van der Waals surface area contributed by atoms with Crippen molar-refractivity contribution in [1.82, 2.24) is 9.97 Å². The first-order valence-corrected chi connectivity index (χ1v) is 6.36. The first-order chi connectivity index (χ1) is 10.2. The topological polar surface area (TPSA) is 89.8 Å². The van der Waals surface area contributed by atoms with Gasteiger partial charge in [-0.3, -0.25) is 4.79 Å². The zero-order valence-electron chi connectivity index (χ0n) is 11.0. The van der Waals surface area contributed by atoms with Gasteiger partial charge < -0.3 is 10.1 Å². The molecule has 0 bridgehead atoms. The van der Waals surface area contributed by atoms with Gasteiger partial charge in [-0.1, -0.05) is 24.3 Å². The van der Waals surface area contributed by atoms with Crippen LogP contribution in [0, 0.1) is 11.3 Å². The van der Waals surface area contributed by atoms with Crippen molar-refractivity contribution in [2.75, 3.05) is 0 Å². The van der Waals surface area contributed by atoms with Gasteiger partial charge in [0.15, 0.2) is 0 Å². The molecule has 21 heavy (non-hydrogen) atoms. The molecule has 0 atom stereocenters. The number of rotatable bonds is 2. The van der Waals surface area contributed by atoms with Crippen LogP contribution >= 0.6 is 0 Å². The van der Waals surface area contributed by atoms with Gasteiger partial charge in [0.2, 0.25) is 0 Å². The van der Waals surface area contributed by atoms with Gasteiger partial charge in [-0.15, -0.1) is 0 Å². The van der Waals surface area contributed by atoms with Crippen molar-refractivity contribution in [2.45, 2.75) is 6.42 Å². The summed E-state index contributed by atoms with van der Waals surface area (Å²) >= 11 is 0. The van der Waals surface area contributed by atoms with E-state index in [0.717, 1.165) is 11.1 Å². The molecule has 5 nitrogen and oxygen atoms in total. The molecule has 3 aromatic rings. The summed E-state index contributed by atoms with van der Waals surface area (Å²) in [6.45, 7) is 0. The van der Waals surface area contributed by atoms with Crippen LogP contribution in [0.3, 0.4) is 0 Å². The normalized spacial score (nSPS) is 10.4. The Kier molecular flexibility index (Phi) is 3.13. The molecule has 0 aliphatic heterocycles. The minimum atomic E-state index is -0.310. The molecule has 1 aromatic heterocycles. The fourth-order valence-electron chi connectivity index (χ4n) is 2.36. The van der Waals surface area contributed by atoms with Crippen LogP contribution in [0.15, 0.2) is 47.5 Å². The van der Waals surface area contributed by atoms with Crippen molar-refractivity contribution in [1.29, 1.82) is 5.26 Å². The van der Waals surface area contributed by atoms with E-state index in [9.17, 15) is 9.90 Å². The van der Waals surface area contributed by atoms with Gasteiger partial charge in [-0.2, -0.15) is 5.26 Å². The number of H-pyrrole nitrogens is 1. The Bertz CT molecular complexity index is 923. The van der Waals surface area contributed by atoms with Crippen molar-refractivity contribution in [2.24, 2.45) is 0 Å². The van der Waals surface area contributed by atoms with Crippen LogP contribution in [0.2, 0.25) is 0 Å². The van der Waals surface area contributed by atoms with E-state index in [4.69, 9.17) is 5.26 Å². The number of nitrogens with zero attached hydrogens (tertiary/aromatic N) is 2. The van der Waals surface area contributed by atoms with Gasteiger partial charge in [0.1, 0.15) is 11.3 Å². The second-order valence-electron chi connectivity index (χ2n) is 4.62. The van der Waals surface area contributed by atoms with E-state index in [1.807, 2.05) is 24.3 Å². The van der Waals surface area contributed by atoms with Crippen LogP contribution in [-0.4, -0.2) is 15.1 Å². The number of benzene rings is 2. The summed E-state index contributed by atoms with van der Waals surface area (Å²) in [6, 6.07) is 12.8. The molecule has 1 heterocycles. The summed E-state index contributed by atoms with van der Waals surface area (Å²) in [5.41, 5.74) is 2.30. The molecule has 0 amide bonds. The highest BCUT2D eigenvalue weighted by molar-refractivity contribution is 5.89. The molecule has 0 saturated carbocycles. The Morgan fingerprint density at radius 1 is 1.29 bits per heavy atom. The third-order valence-electron chi connectivity index (χ3n) is 3.32. The number of phenols is 1. The molecule has 0 aliphatic carbocycles. The summed E-state index contributed by atoms with van der Waals surface area (Å²) in [7, 11) is 0. The van der Waals surface area contributed by atoms with E-state index in [1.54, 1.807) is 12.1 Å². The Morgan fingerprint density at radius 3 is 2.90 bits per heavy atom. The lowest BCUT2D eigenvalue weighted by atomic mass is 9.97. The molecule has 0 radical (unpaired) electrons. The molecule has 5 heteroatoms. The highest BCUT2D eigenvalue weighted by Crippen LogP contribution is 2.31. The van der Waals surface area contributed by atoms with Crippen molar-refractivity contribution in [3.63, 3.8) is 0 Å². The largest absolute Gasteiger partial charge is 0.506 e. The number of phenolic OH excluding ortho intramolecular Hbond substituents is 1. The highest BCUT2D eigenvalue weighted by atomic mass is 16.3. The standard InChI is InChI=1S/C16H11N3O2/c17-6-5-10-3-1-2-4-12(10)11-7-13-15(14(20)8-11)18-9-19-16(13)21/h1-4,7-9,20H,5H2,(H,18,19,21). The molecule has 2 aromatic carbocycles. The number of hydrogen-bond donors (Lipinski definition) is 2. The molecule has 0 fully saturated rings. The monoisotopic (exact) mass is 277 g/mol. The maximum absolute atomic E-state index is 11.9. The predicted molar refractivity (Wildman–Crippen MR) is 78.8 cm³/mol. The molecular formula is C16H11N3O2. The van der Waals surface area contributed by atoms with E-state index in [0.29, 0.717) is 10.9 Å². The van der Waals surface area contributed by atoms with Crippen molar-refractivity contribution >= 4 is 10.9 Å². The molecule has 2 N–H and O–H groups in total. The summed E-state index contributed by atoms with van der Waals surface area (Å²) in [5, 5.41) is 19.3. The van der Waals surface area contributed by atoms with E-state index >= 15 is 0 Å². The summed E-state index contributed by atoms with van der Waals surface area (Å²) in [6.07, 6.45) is 1.52. The Morgan fingerprint density at radius 2 is 2.10 bits per heavy atom. The average molecular weight is 277 g/mol. The first-order valence-electron chi connectivity index (χ1n) is 6.36. The van der Waals surface area contributed by atoms with Crippen LogP contribution in [0.25, 0.3) is 22.0 Å². The molecule has 0 unspecified atom stereocenters. The summed E-state index contributed by atoms with van der Waals surface area (Å²) in [4.78, 5) is 18.3. The highest BCUT2D eigenvalue weighted by Gasteiger charge is 2.11. The van der Waals surface area contributed by atoms with E-state index in [1.165, 1.54) is 6.33 Å². The van der Waals surface area contributed by atoms with Gasteiger partial charge in [0, 0.05) is 0 Å². The number of fused-ring (bicyclic) bond motifs is 1. The second-order valence-corrected chi connectivity index (χ2v) is 4.62. The van der Waals surface area contributed by atoms with Crippen molar-refractivity contribution in [3.05, 3.63) is 58.6 Å². The maximum atomic E-state index is 11.9. The average Bonchev–Trinajstić information content (AvgIpc) is 2.49. The molecule has 0 spiro atoms. The Labute approximate surface area is 120 Å². The molecule has 3 rings (SSSR count). The first kappa shape index (κ1) is 12.9. The predicted octanol–water partition coefficient (Wildman–Crippen LogP) is 2.36. The number of aromatic hydroxyl groups is 1. The Hall–Kier alpha value is -3.13. The number of aromatic nitrogens is 2. The Balaban J connectivity index is 2.30.